The summed E-state index contributed by atoms with van der Waals surface area (Å²) in [6.45, 7) is 6.07. The molecule has 2 aromatic rings. The Labute approximate surface area is 137 Å². The van der Waals surface area contributed by atoms with E-state index in [1.165, 1.54) is 0 Å². The van der Waals surface area contributed by atoms with E-state index in [1.807, 2.05) is 93.6 Å². The van der Waals surface area contributed by atoms with E-state index in [4.69, 9.17) is 4.74 Å². The van der Waals surface area contributed by atoms with Crippen LogP contribution < -0.4 is 0 Å². The highest BCUT2D eigenvalue weighted by Gasteiger charge is 2.40. The lowest BCUT2D eigenvalue weighted by Crippen LogP contribution is -2.41. The smallest absolute Gasteiger partial charge is 0.133 e. The van der Waals surface area contributed by atoms with Crippen LogP contribution in [0, 0.1) is 5.41 Å². The number of ether oxygens (including phenoxy) is 1. The zero-order valence-corrected chi connectivity index (χ0v) is 13.8. The molecule has 3 rings (SSSR count). The highest BCUT2D eigenvalue weighted by atomic mass is 16.5. The number of hydrogen-bond acceptors (Lipinski definition) is 2. The van der Waals surface area contributed by atoms with Gasteiger partial charge in [-0.2, -0.15) is 0 Å². The van der Waals surface area contributed by atoms with Gasteiger partial charge in [-0.15, -0.1) is 0 Å². The predicted molar refractivity (Wildman–Crippen MR) is 94.3 cm³/mol. The predicted octanol–water partition coefficient (Wildman–Crippen LogP) is 4.88. The summed E-state index contributed by atoms with van der Waals surface area (Å²) in [4.78, 5) is 0. The monoisotopic (exact) mass is 306 g/mol. The Bertz CT molecular complexity index is 679. The average molecular weight is 306 g/mol. The fourth-order valence-corrected chi connectivity index (χ4v) is 2.54. The van der Waals surface area contributed by atoms with Crippen molar-refractivity contribution in [3.05, 3.63) is 83.9 Å². The molecular formula is C21H22O2. The maximum atomic E-state index is 11.2. The molecule has 0 radical (unpaired) electrons. The van der Waals surface area contributed by atoms with Crippen molar-refractivity contribution < 1.29 is 9.84 Å². The maximum absolute atomic E-state index is 11.2. The van der Waals surface area contributed by atoms with Crippen molar-refractivity contribution in [2.75, 3.05) is 0 Å². The lowest BCUT2D eigenvalue weighted by Gasteiger charge is -2.39. The fourth-order valence-electron chi connectivity index (χ4n) is 2.54. The molecule has 0 saturated heterocycles. The van der Waals surface area contributed by atoms with E-state index < -0.39 is 5.60 Å². The first-order valence-corrected chi connectivity index (χ1v) is 7.86. The Morgan fingerprint density at radius 3 is 1.48 bits per heavy atom. The minimum atomic E-state index is -1.08. The van der Waals surface area contributed by atoms with Gasteiger partial charge >= 0.3 is 0 Å². The Morgan fingerprint density at radius 1 is 0.739 bits per heavy atom. The van der Waals surface area contributed by atoms with E-state index in [2.05, 4.69) is 0 Å². The quantitative estimate of drug-likeness (QED) is 0.857. The largest absolute Gasteiger partial charge is 0.457 e. The van der Waals surface area contributed by atoms with Crippen LogP contribution in [0.15, 0.2) is 72.8 Å². The lowest BCUT2D eigenvalue weighted by atomic mass is 9.74. The van der Waals surface area contributed by atoms with Crippen molar-refractivity contribution in [3.8, 4) is 0 Å². The van der Waals surface area contributed by atoms with Crippen molar-refractivity contribution >= 4 is 11.5 Å². The summed E-state index contributed by atoms with van der Waals surface area (Å²) in [7, 11) is 0. The molecule has 2 aromatic carbocycles. The van der Waals surface area contributed by atoms with Crippen molar-refractivity contribution in [2.45, 2.75) is 26.4 Å². The van der Waals surface area contributed by atoms with Crippen molar-refractivity contribution in [1.82, 2.24) is 0 Å². The van der Waals surface area contributed by atoms with Crippen molar-refractivity contribution in [1.29, 1.82) is 0 Å². The summed E-state index contributed by atoms with van der Waals surface area (Å²) in [6, 6.07) is 19.8. The van der Waals surface area contributed by atoms with Crippen LogP contribution in [0.1, 0.15) is 31.9 Å². The van der Waals surface area contributed by atoms with Crippen LogP contribution in [-0.2, 0) is 4.74 Å². The van der Waals surface area contributed by atoms with Gasteiger partial charge in [0.15, 0.2) is 0 Å². The third kappa shape index (κ3) is 3.08. The highest BCUT2D eigenvalue weighted by molar-refractivity contribution is 5.75. The maximum Gasteiger partial charge on any atom is 0.133 e. The summed E-state index contributed by atoms with van der Waals surface area (Å²) in [5.41, 5.74) is 0.478. The van der Waals surface area contributed by atoms with Gasteiger partial charge in [-0.25, -0.2) is 0 Å². The normalized spacial score (nSPS) is 17.0. The van der Waals surface area contributed by atoms with Gasteiger partial charge in [0.1, 0.15) is 17.1 Å². The highest BCUT2D eigenvalue weighted by Crippen LogP contribution is 2.42. The lowest BCUT2D eigenvalue weighted by molar-refractivity contribution is 0.0268. The molecule has 0 aromatic heterocycles. The summed E-state index contributed by atoms with van der Waals surface area (Å²) >= 11 is 0. The third-order valence-corrected chi connectivity index (χ3v) is 4.24. The first-order chi connectivity index (χ1) is 10.9. The van der Waals surface area contributed by atoms with Gasteiger partial charge in [0.2, 0.25) is 0 Å². The Kier molecular flexibility index (Phi) is 3.87. The molecule has 0 bridgehead atoms. The molecule has 23 heavy (non-hydrogen) atoms. The zero-order valence-electron chi connectivity index (χ0n) is 13.8. The first-order valence-electron chi connectivity index (χ1n) is 7.86. The van der Waals surface area contributed by atoms with Crippen LogP contribution in [0.25, 0.3) is 11.5 Å². The minimum absolute atomic E-state index is 0.350. The molecule has 0 spiro atoms. The Balaban J connectivity index is 2.10. The number of rotatable bonds is 2. The number of aliphatic hydroxyl groups is 1. The molecule has 0 atom stereocenters. The summed E-state index contributed by atoms with van der Waals surface area (Å²) < 4.78 is 6.11. The Morgan fingerprint density at radius 2 is 1.13 bits per heavy atom. The second kappa shape index (κ2) is 5.71. The SMILES string of the molecule is CC(C)(C)C1(O)C=C(c2ccccc2)OC(c2ccccc2)=C1. The molecule has 1 aliphatic rings. The van der Waals surface area contributed by atoms with Crippen LogP contribution in [0.2, 0.25) is 0 Å². The molecule has 118 valence electrons. The second-order valence-electron chi connectivity index (χ2n) is 6.93. The van der Waals surface area contributed by atoms with E-state index in [-0.39, 0.29) is 5.41 Å². The van der Waals surface area contributed by atoms with E-state index in [0.29, 0.717) is 11.5 Å². The van der Waals surface area contributed by atoms with Crippen LogP contribution >= 0.6 is 0 Å². The molecule has 0 aliphatic carbocycles. The van der Waals surface area contributed by atoms with Gasteiger partial charge in [-0.3, -0.25) is 0 Å². The minimum Gasteiger partial charge on any atom is -0.457 e. The first kappa shape index (κ1) is 15.6. The van der Waals surface area contributed by atoms with E-state index in [9.17, 15) is 5.11 Å². The molecular weight excluding hydrogens is 284 g/mol. The molecule has 0 saturated carbocycles. The molecule has 1 aliphatic heterocycles. The van der Waals surface area contributed by atoms with Gasteiger partial charge in [0, 0.05) is 11.1 Å². The molecule has 2 nitrogen and oxygen atoms in total. The molecule has 1 heterocycles. The average Bonchev–Trinajstić information content (AvgIpc) is 2.55. The van der Waals surface area contributed by atoms with Crippen LogP contribution in [0.5, 0.6) is 0 Å². The molecule has 0 fully saturated rings. The number of benzene rings is 2. The van der Waals surface area contributed by atoms with E-state index >= 15 is 0 Å². The molecule has 0 amide bonds. The van der Waals surface area contributed by atoms with E-state index in [0.717, 1.165) is 11.1 Å². The number of hydrogen-bond donors (Lipinski definition) is 1. The van der Waals surface area contributed by atoms with Crippen molar-refractivity contribution in [2.24, 2.45) is 5.41 Å². The Hall–Kier alpha value is -2.32. The van der Waals surface area contributed by atoms with Gasteiger partial charge in [0.05, 0.1) is 0 Å². The van der Waals surface area contributed by atoms with Crippen molar-refractivity contribution in [3.63, 3.8) is 0 Å². The molecule has 0 unspecified atom stereocenters. The molecule has 2 heteroatoms. The summed E-state index contributed by atoms with van der Waals surface area (Å²) in [5, 5.41) is 11.2. The third-order valence-electron chi connectivity index (χ3n) is 4.24. The topological polar surface area (TPSA) is 29.5 Å². The van der Waals surface area contributed by atoms with Gasteiger partial charge in [0.25, 0.3) is 0 Å². The van der Waals surface area contributed by atoms with E-state index in [1.54, 1.807) is 0 Å². The van der Waals surface area contributed by atoms with Gasteiger partial charge < -0.3 is 9.84 Å². The molecule has 1 N–H and O–H groups in total. The summed E-state index contributed by atoms with van der Waals surface area (Å²) in [6.07, 6.45) is 3.63. The van der Waals surface area contributed by atoms with Gasteiger partial charge in [-0.1, -0.05) is 81.4 Å². The van der Waals surface area contributed by atoms with Gasteiger partial charge in [-0.05, 0) is 17.6 Å². The fraction of sp³-hybridized carbons (Fsp3) is 0.238. The zero-order chi connectivity index (χ0) is 16.5. The van der Waals surface area contributed by atoms with Crippen LogP contribution in [-0.4, -0.2) is 10.7 Å². The van der Waals surface area contributed by atoms with Crippen LogP contribution in [0.4, 0.5) is 0 Å². The second-order valence-corrected chi connectivity index (χ2v) is 6.93. The standard InChI is InChI=1S/C21H22O2/c1-20(2,3)21(22)14-18(16-10-6-4-7-11-16)23-19(15-21)17-12-8-5-9-13-17/h4-15,22H,1-3H3. The van der Waals surface area contributed by atoms with Crippen LogP contribution in [0.3, 0.4) is 0 Å². The summed E-state index contributed by atoms with van der Waals surface area (Å²) in [5.74, 6) is 1.37.